The van der Waals surface area contributed by atoms with Crippen molar-refractivity contribution in [1.29, 1.82) is 0 Å². The smallest absolute Gasteiger partial charge is 0.254 e. The second kappa shape index (κ2) is 6.91. The molecule has 1 amide bonds. The zero-order chi connectivity index (χ0) is 13.9. The predicted octanol–water partition coefficient (Wildman–Crippen LogP) is 1.84. The Kier molecular flexibility index (Phi) is 6.52. The standard InChI is InChI=1S/C13H24N4O.ClH/c1-9(14)6-7-15-12(18)11-8-16-17(10(11)2)13(3,4)5;/h8-9H,6-7,14H2,1-5H3,(H,15,18);1H. The monoisotopic (exact) mass is 288 g/mol. The number of nitrogens with two attached hydrogens (primary N) is 1. The zero-order valence-electron chi connectivity index (χ0n) is 12.4. The first-order valence-electron chi connectivity index (χ1n) is 6.32. The lowest BCUT2D eigenvalue weighted by molar-refractivity contribution is 0.0952. The number of amides is 1. The Hall–Kier alpha value is -1.07. The first kappa shape index (κ1) is 17.9. The molecule has 0 aromatic carbocycles. The quantitative estimate of drug-likeness (QED) is 0.888. The molecule has 1 aromatic rings. The van der Waals surface area contributed by atoms with Gasteiger partial charge in [0.25, 0.3) is 5.91 Å². The molecule has 0 fully saturated rings. The van der Waals surface area contributed by atoms with E-state index in [-0.39, 0.29) is 29.9 Å². The lowest BCUT2D eigenvalue weighted by atomic mass is 10.1. The van der Waals surface area contributed by atoms with Gasteiger partial charge in [-0.05, 0) is 41.0 Å². The average Bonchev–Trinajstić information content (AvgIpc) is 2.58. The molecule has 5 nitrogen and oxygen atoms in total. The SMILES string of the molecule is Cc1c(C(=O)NCCC(C)N)cnn1C(C)(C)C.Cl. The van der Waals surface area contributed by atoms with Crippen molar-refractivity contribution in [3.05, 3.63) is 17.5 Å². The third-order valence-electron chi connectivity index (χ3n) is 2.78. The second-order valence-electron chi connectivity index (χ2n) is 5.75. The molecule has 110 valence electrons. The van der Waals surface area contributed by atoms with E-state index in [0.29, 0.717) is 12.1 Å². The van der Waals surface area contributed by atoms with Gasteiger partial charge in [0.15, 0.2) is 0 Å². The maximum Gasteiger partial charge on any atom is 0.254 e. The third-order valence-corrected chi connectivity index (χ3v) is 2.78. The number of rotatable bonds is 4. The summed E-state index contributed by atoms with van der Waals surface area (Å²) in [7, 11) is 0. The molecule has 1 heterocycles. The Morgan fingerprint density at radius 3 is 2.53 bits per heavy atom. The summed E-state index contributed by atoms with van der Waals surface area (Å²) >= 11 is 0. The summed E-state index contributed by atoms with van der Waals surface area (Å²) in [6.07, 6.45) is 2.40. The van der Waals surface area contributed by atoms with Crippen LogP contribution < -0.4 is 11.1 Å². The Balaban J connectivity index is 0.00000324. The molecule has 0 aliphatic heterocycles. The van der Waals surface area contributed by atoms with Crippen LogP contribution in [-0.4, -0.2) is 28.3 Å². The molecule has 0 saturated heterocycles. The van der Waals surface area contributed by atoms with Crippen LogP contribution in [0.4, 0.5) is 0 Å². The van der Waals surface area contributed by atoms with Gasteiger partial charge < -0.3 is 11.1 Å². The number of hydrogen-bond acceptors (Lipinski definition) is 3. The molecule has 3 N–H and O–H groups in total. The van der Waals surface area contributed by atoms with Crippen LogP contribution >= 0.6 is 12.4 Å². The van der Waals surface area contributed by atoms with Crippen LogP contribution in [0.2, 0.25) is 0 Å². The van der Waals surface area contributed by atoms with Gasteiger partial charge in [-0.1, -0.05) is 0 Å². The average molecular weight is 289 g/mol. The number of carbonyl (C=O) groups excluding carboxylic acids is 1. The van der Waals surface area contributed by atoms with Crippen molar-refractivity contribution < 1.29 is 4.79 Å². The largest absolute Gasteiger partial charge is 0.352 e. The van der Waals surface area contributed by atoms with E-state index < -0.39 is 0 Å². The van der Waals surface area contributed by atoms with Crippen molar-refractivity contribution in [2.45, 2.75) is 52.6 Å². The molecule has 19 heavy (non-hydrogen) atoms. The van der Waals surface area contributed by atoms with Gasteiger partial charge >= 0.3 is 0 Å². The maximum atomic E-state index is 12.0. The molecule has 0 aliphatic carbocycles. The number of hydrogen-bond donors (Lipinski definition) is 2. The highest BCUT2D eigenvalue weighted by molar-refractivity contribution is 5.95. The second-order valence-corrected chi connectivity index (χ2v) is 5.75. The molecule has 0 spiro atoms. The van der Waals surface area contributed by atoms with E-state index in [0.717, 1.165) is 12.1 Å². The van der Waals surface area contributed by atoms with Gasteiger partial charge in [0.2, 0.25) is 0 Å². The summed E-state index contributed by atoms with van der Waals surface area (Å²) in [6, 6.07) is 0.101. The minimum Gasteiger partial charge on any atom is -0.352 e. The van der Waals surface area contributed by atoms with Crippen LogP contribution in [0.15, 0.2) is 6.20 Å². The van der Waals surface area contributed by atoms with Gasteiger partial charge in [0, 0.05) is 18.3 Å². The van der Waals surface area contributed by atoms with Crippen LogP contribution in [0.3, 0.4) is 0 Å². The molecule has 1 rings (SSSR count). The van der Waals surface area contributed by atoms with Crippen molar-refractivity contribution in [3.63, 3.8) is 0 Å². The van der Waals surface area contributed by atoms with E-state index in [1.54, 1.807) is 6.20 Å². The Bertz CT molecular complexity index is 421. The predicted molar refractivity (Wildman–Crippen MR) is 79.8 cm³/mol. The molecule has 0 aliphatic rings. The highest BCUT2D eigenvalue weighted by Gasteiger charge is 2.21. The summed E-state index contributed by atoms with van der Waals surface area (Å²) in [5, 5.41) is 7.15. The Morgan fingerprint density at radius 2 is 2.11 bits per heavy atom. The molecule has 0 radical (unpaired) electrons. The van der Waals surface area contributed by atoms with Crippen LogP contribution in [0.1, 0.15) is 50.2 Å². The molecular formula is C13H25ClN4O. The van der Waals surface area contributed by atoms with Gasteiger partial charge in [-0.2, -0.15) is 5.10 Å². The summed E-state index contributed by atoms with van der Waals surface area (Å²) in [4.78, 5) is 12.0. The third kappa shape index (κ3) is 4.84. The van der Waals surface area contributed by atoms with Gasteiger partial charge in [-0.25, -0.2) is 0 Å². The summed E-state index contributed by atoms with van der Waals surface area (Å²) in [5.41, 5.74) is 7.05. The van der Waals surface area contributed by atoms with E-state index in [1.165, 1.54) is 0 Å². The van der Waals surface area contributed by atoms with Gasteiger partial charge in [-0.15, -0.1) is 12.4 Å². The molecular weight excluding hydrogens is 264 g/mol. The Labute approximate surface area is 121 Å². The fourth-order valence-electron chi connectivity index (χ4n) is 1.82. The number of nitrogens with zero attached hydrogens (tertiary/aromatic N) is 2. The minimum atomic E-state index is -0.117. The zero-order valence-corrected chi connectivity index (χ0v) is 13.2. The lowest BCUT2D eigenvalue weighted by Crippen LogP contribution is -2.30. The summed E-state index contributed by atoms with van der Waals surface area (Å²) in [5.74, 6) is -0.0800. The van der Waals surface area contributed by atoms with Crippen molar-refractivity contribution >= 4 is 18.3 Å². The van der Waals surface area contributed by atoms with Gasteiger partial charge in [0.05, 0.1) is 17.3 Å². The normalized spacial score (nSPS) is 12.7. The highest BCUT2D eigenvalue weighted by atomic mass is 35.5. The fourth-order valence-corrected chi connectivity index (χ4v) is 1.82. The van der Waals surface area contributed by atoms with Gasteiger partial charge in [-0.3, -0.25) is 9.48 Å². The molecule has 1 unspecified atom stereocenters. The van der Waals surface area contributed by atoms with E-state index in [4.69, 9.17) is 5.73 Å². The first-order valence-corrected chi connectivity index (χ1v) is 6.32. The first-order chi connectivity index (χ1) is 8.23. The number of nitrogens with one attached hydrogen (secondary N) is 1. The van der Waals surface area contributed by atoms with E-state index in [9.17, 15) is 4.79 Å². The van der Waals surface area contributed by atoms with Crippen LogP contribution in [0.5, 0.6) is 0 Å². The van der Waals surface area contributed by atoms with Crippen LogP contribution in [0.25, 0.3) is 0 Å². The van der Waals surface area contributed by atoms with E-state index >= 15 is 0 Å². The molecule has 0 saturated carbocycles. The number of aromatic nitrogens is 2. The van der Waals surface area contributed by atoms with E-state index in [2.05, 4.69) is 31.2 Å². The molecule has 1 aromatic heterocycles. The minimum absolute atomic E-state index is 0. The summed E-state index contributed by atoms with van der Waals surface area (Å²) in [6.45, 7) is 10.6. The summed E-state index contributed by atoms with van der Waals surface area (Å²) < 4.78 is 1.87. The Morgan fingerprint density at radius 1 is 1.53 bits per heavy atom. The molecule has 0 bridgehead atoms. The van der Waals surface area contributed by atoms with E-state index in [1.807, 2.05) is 18.5 Å². The number of carbonyl (C=O) groups is 1. The van der Waals surface area contributed by atoms with Crippen molar-refractivity contribution in [3.8, 4) is 0 Å². The molecule has 1 atom stereocenters. The number of halogens is 1. The maximum absolute atomic E-state index is 12.0. The van der Waals surface area contributed by atoms with Crippen molar-refractivity contribution in [2.75, 3.05) is 6.54 Å². The van der Waals surface area contributed by atoms with Crippen LogP contribution in [-0.2, 0) is 5.54 Å². The lowest BCUT2D eigenvalue weighted by Gasteiger charge is -2.21. The van der Waals surface area contributed by atoms with Crippen molar-refractivity contribution in [2.24, 2.45) is 5.73 Å². The molecule has 6 heteroatoms. The van der Waals surface area contributed by atoms with Gasteiger partial charge in [0.1, 0.15) is 0 Å². The topological polar surface area (TPSA) is 72.9 Å². The van der Waals surface area contributed by atoms with Crippen molar-refractivity contribution in [1.82, 2.24) is 15.1 Å². The fraction of sp³-hybridized carbons (Fsp3) is 0.692. The highest BCUT2D eigenvalue weighted by Crippen LogP contribution is 2.18. The van der Waals surface area contributed by atoms with Crippen LogP contribution in [0, 0.1) is 6.92 Å².